The van der Waals surface area contributed by atoms with Crippen LogP contribution in [0.2, 0.25) is 0 Å². The third-order valence-corrected chi connectivity index (χ3v) is 4.74. The Morgan fingerprint density at radius 2 is 2.12 bits per heavy atom. The fourth-order valence-corrected chi connectivity index (χ4v) is 3.28. The maximum atomic E-state index is 4.95. The first-order valence-corrected chi connectivity index (χ1v) is 7.56. The van der Waals surface area contributed by atoms with E-state index in [0.29, 0.717) is 10.0 Å². The third kappa shape index (κ3) is 3.17. The molecule has 0 amide bonds. The summed E-state index contributed by atoms with van der Waals surface area (Å²) in [5.74, 6) is 1.74. The Kier molecular flexibility index (Phi) is 4.01. The third-order valence-electron chi connectivity index (χ3n) is 2.10. The first-order chi connectivity index (χ1) is 8.06. The first-order valence-electron chi connectivity index (χ1n) is 5.29. The summed E-state index contributed by atoms with van der Waals surface area (Å²) in [5, 5.41) is 7.53. The zero-order chi connectivity index (χ0) is 12.4. The minimum absolute atomic E-state index is 0.478. The second-order valence-corrected chi connectivity index (χ2v) is 6.93. The fourth-order valence-electron chi connectivity index (χ4n) is 1.35. The lowest BCUT2D eigenvalue weighted by atomic mass is 10.4. The molecule has 0 aliphatic rings. The van der Waals surface area contributed by atoms with Gasteiger partial charge in [0.1, 0.15) is 5.01 Å². The van der Waals surface area contributed by atoms with Gasteiger partial charge in [-0.1, -0.05) is 13.8 Å². The molecule has 0 radical (unpaired) electrons. The summed E-state index contributed by atoms with van der Waals surface area (Å²) in [6.45, 7) is 6.38. The molecule has 2 heterocycles. The summed E-state index contributed by atoms with van der Waals surface area (Å²) in [4.78, 5) is 9.84. The molecule has 2 rings (SSSR count). The van der Waals surface area contributed by atoms with Crippen LogP contribution in [-0.2, 0) is 5.75 Å². The van der Waals surface area contributed by atoms with E-state index in [4.69, 9.17) is 12.2 Å². The van der Waals surface area contributed by atoms with Crippen LogP contribution < -0.4 is 0 Å². The lowest BCUT2D eigenvalue weighted by molar-refractivity contribution is 1.08. The number of rotatable bonds is 4. The number of thioether (sulfide) groups is 1. The number of aromatic amines is 2. The van der Waals surface area contributed by atoms with Gasteiger partial charge in [-0.25, -0.2) is 4.98 Å². The maximum absolute atomic E-state index is 4.95. The van der Waals surface area contributed by atoms with Gasteiger partial charge in [0.2, 0.25) is 4.77 Å². The Morgan fingerprint density at radius 3 is 2.71 bits per heavy atom. The highest BCUT2D eigenvalue weighted by Gasteiger charge is 2.12. The second kappa shape index (κ2) is 5.32. The summed E-state index contributed by atoms with van der Waals surface area (Å²) in [6, 6.07) is 0. The molecule has 0 bridgehead atoms. The van der Waals surface area contributed by atoms with Gasteiger partial charge in [-0.05, 0) is 24.4 Å². The van der Waals surface area contributed by atoms with Gasteiger partial charge in [0.15, 0.2) is 5.82 Å². The van der Waals surface area contributed by atoms with Crippen LogP contribution in [0.5, 0.6) is 0 Å². The van der Waals surface area contributed by atoms with E-state index < -0.39 is 0 Å². The minimum atomic E-state index is 0.478. The quantitative estimate of drug-likeness (QED) is 0.844. The Bertz CT molecular complexity index is 552. The van der Waals surface area contributed by atoms with Crippen LogP contribution in [0.4, 0.5) is 0 Å². The number of hydrogen-bond donors (Lipinski definition) is 2. The molecule has 0 atom stereocenters. The van der Waals surface area contributed by atoms with Crippen molar-refractivity contribution in [1.82, 2.24) is 20.2 Å². The molecule has 0 saturated carbocycles. The summed E-state index contributed by atoms with van der Waals surface area (Å²) < 4.78 is 0.478. The monoisotopic (exact) mass is 286 g/mol. The number of nitrogens with one attached hydrogen (secondary N) is 2. The first kappa shape index (κ1) is 12.8. The summed E-state index contributed by atoms with van der Waals surface area (Å²) >= 11 is 8.52. The van der Waals surface area contributed by atoms with Crippen LogP contribution in [0, 0.1) is 11.7 Å². The zero-order valence-electron chi connectivity index (χ0n) is 9.90. The van der Waals surface area contributed by atoms with Crippen LogP contribution in [0.15, 0.2) is 0 Å². The van der Waals surface area contributed by atoms with Crippen molar-refractivity contribution in [2.45, 2.75) is 31.8 Å². The number of aryl methyl sites for hydroxylation is 1. The number of hydrogen-bond acceptors (Lipinski definition) is 5. The molecular formula is C10H14N4S3. The molecular weight excluding hydrogens is 272 g/mol. The lowest BCUT2D eigenvalue weighted by Gasteiger charge is -2.00. The molecule has 4 nitrogen and oxygen atoms in total. The van der Waals surface area contributed by atoms with Crippen molar-refractivity contribution in [3.63, 3.8) is 0 Å². The Labute approximate surface area is 113 Å². The average molecular weight is 286 g/mol. The van der Waals surface area contributed by atoms with Gasteiger partial charge in [-0.15, -0.1) is 11.3 Å². The fraction of sp³-hybridized carbons (Fsp3) is 0.500. The van der Waals surface area contributed by atoms with E-state index in [-0.39, 0.29) is 0 Å². The van der Waals surface area contributed by atoms with Crippen molar-refractivity contribution in [2.24, 2.45) is 0 Å². The molecule has 0 spiro atoms. The summed E-state index contributed by atoms with van der Waals surface area (Å²) in [7, 11) is 0. The van der Waals surface area contributed by atoms with Gasteiger partial charge >= 0.3 is 0 Å². The van der Waals surface area contributed by atoms with Gasteiger partial charge in [-0.2, -0.15) is 16.7 Å². The molecule has 0 fully saturated rings. The molecule has 0 aromatic carbocycles. The van der Waals surface area contributed by atoms with Crippen LogP contribution in [0.3, 0.4) is 0 Å². The van der Waals surface area contributed by atoms with E-state index in [0.717, 1.165) is 27.2 Å². The number of nitrogens with zero attached hydrogens (tertiary/aromatic N) is 2. The molecule has 2 N–H and O–H groups in total. The molecule has 0 saturated heterocycles. The molecule has 2 aromatic rings. The highest BCUT2D eigenvalue weighted by Crippen LogP contribution is 2.29. The molecule has 2 aromatic heterocycles. The van der Waals surface area contributed by atoms with Gasteiger partial charge in [0.25, 0.3) is 0 Å². The Balaban J connectivity index is 2.22. The van der Waals surface area contributed by atoms with E-state index in [1.807, 2.05) is 18.7 Å². The van der Waals surface area contributed by atoms with E-state index in [2.05, 4.69) is 34.0 Å². The van der Waals surface area contributed by atoms with E-state index >= 15 is 0 Å². The highest BCUT2D eigenvalue weighted by molar-refractivity contribution is 7.99. The number of H-pyrrole nitrogens is 2. The molecule has 17 heavy (non-hydrogen) atoms. The van der Waals surface area contributed by atoms with E-state index in [9.17, 15) is 0 Å². The molecule has 0 unspecified atom stereocenters. The molecule has 92 valence electrons. The minimum Gasteiger partial charge on any atom is -0.281 e. The van der Waals surface area contributed by atoms with Crippen molar-refractivity contribution in [1.29, 1.82) is 0 Å². The van der Waals surface area contributed by atoms with Crippen LogP contribution in [-0.4, -0.2) is 25.4 Å². The highest BCUT2D eigenvalue weighted by atomic mass is 32.2. The van der Waals surface area contributed by atoms with E-state index in [1.54, 1.807) is 11.3 Å². The van der Waals surface area contributed by atoms with Gasteiger partial charge in [-0.3, -0.25) is 10.2 Å². The van der Waals surface area contributed by atoms with Crippen molar-refractivity contribution in [3.05, 3.63) is 15.5 Å². The van der Waals surface area contributed by atoms with Gasteiger partial charge in [0, 0.05) is 5.75 Å². The maximum Gasteiger partial charge on any atom is 0.213 e. The normalized spacial score (nSPS) is 11.3. The topological polar surface area (TPSA) is 57.4 Å². The molecule has 7 heteroatoms. The smallest absolute Gasteiger partial charge is 0.213 e. The van der Waals surface area contributed by atoms with Crippen molar-refractivity contribution in [2.75, 3.05) is 0 Å². The van der Waals surface area contributed by atoms with Gasteiger partial charge < -0.3 is 0 Å². The van der Waals surface area contributed by atoms with Crippen LogP contribution >= 0.6 is 35.3 Å². The number of aromatic nitrogens is 4. The zero-order valence-corrected chi connectivity index (χ0v) is 12.4. The Morgan fingerprint density at radius 1 is 1.35 bits per heavy atom. The SMILES string of the molecule is Cc1nc(CSC(C)C)sc1-c1nc(=S)[nH][nH]1. The predicted molar refractivity (Wildman–Crippen MR) is 76.0 cm³/mol. The number of thiazole rings is 1. The molecule has 0 aliphatic heterocycles. The predicted octanol–water partition coefficient (Wildman–Crippen LogP) is 3.54. The molecule has 0 aliphatic carbocycles. The van der Waals surface area contributed by atoms with Crippen molar-refractivity contribution < 1.29 is 0 Å². The lowest BCUT2D eigenvalue weighted by Crippen LogP contribution is -1.88. The van der Waals surface area contributed by atoms with Crippen molar-refractivity contribution >= 4 is 35.3 Å². The summed E-state index contributed by atoms with van der Waals surface area (Å²) in [5.41, 5.74) is 1.01. The van der Waals surface area contributed by atoms with Crippen LogP contribution in [0.25, 0.3) is 10.7 Å². The van der Waals surface area contributed by atoms with Crippen LogP contribution in [0.1, 0.15) is 24.5 Å². The average Bonchev–Trinajstić information content (AvgIpc) is 2.82. The van der Waals surface area contributed by atoms with Crippen molar-refractivity contribution in [3.8, 4) is 10.7 Å². The van der Waals surface area contributed by atoms with E-state index in [1.165, 1.54) is 0 Å². The Hall–Kier alpha value is -0.660. The van der Waals surface area contributed by atoms with Gasteiger partial charge in [0.05, 0.1) is 10.6 Å². The largest absolute Gasteiger partial charge is 0.281 e. The summed E-state index contributed by atoms with van der Waals surface area (Å²) in [6.07, 6.45) is 0. The second-order valence-electron chi connectivity index (χ2n) is 3.90. The standard InChI is InChI=1S/C10H14N4S3/c1-5(2)16-4-7-11-6(3)8(17-7)9-12-10(15)14-13-9/h5H,4H2,1-3H3,(H2,12,13,14,15).